The molecule has 0 aromatic carbocycles. The first-order chi connectivity index (χ1) is 10.4. The van der Waals surface area contributed by atoms with Crippen LogP contribution in [0.4, 0.5) is 5.82 Å². The predicted octanol–water partition coefficient (Wildman–Crippen LogP) is 2.84. The Hall–Kier alpha value is -1.65. The third kappa shape index (κ3) is 4.68. The molecule has 1 saturated heterocycles. The van der Waals surface area contributed by atoms with Crippen molar-refractivity contribution in [1.29, 1.82) is 0 Å². The highest BCUT2D eigenvalue weighted by Gasteiger charge is 2.27. The molecule has 1 unspecified atom stereocenters. The third-order valence-corrected chi connectivity index (χ3v) is 3.79. The number of rotatable bonds is 4. The minimum absolute atomic E-state index is 0.0465. The van der Waals surface area contributed by atoms with E-state index in [2.05, 4.69) is 41.7 Å². The number of aromatic nitrogens is 2. The summed E-state index contributed by atoms with van der Waals surface area (Å²) in [4.78, 5) is 22.9. The Bertz CT molecular complexity index is 511. The highest BCUT2D eigenvalue weighted by Crippen LogP contribution is 2.25. The lowest BCUT2D eigenvalue weighted by molar-refractivity contribution is -0.148. The average Bonchev–Trinajstić information content (AvgIpc) is 2.46. The average molecular weight is 305 g/mol. The van der Waals surface area contributed by atoms with Gasteiger partial charge in [-0.15, -0.1) is 0 Å². The highest BCUT2D eigenvalue weighted by molar-refractivity contribution is 5.73. The number of piperidine rings is 1. The molecule has 122 valence electrons. The van der Waals surface area contributed by atoms with Crippen molar-refractivity contribution in [2.45, 2.75) is 47.0 Å². The summed E-state index contributed by atoms with van der Waals surface area (Å²) in [6.45, 7) is 10.5. The number of anilines is 1. The van der Waals surface area contributed by atoms with E-state index < -0.39 is 0 Å². The Balaban J connectivity index is 2.07. The van der Waals surface area contributed by atoms with Gasteiger partial charge in [0.05, 0.1) is 12.5 Å². The summed E-state index contributed by atoms with van der Waals surface area (Å²) in [6.07, 6.45) is 4.43. The molecule has 1 atom stereocenters. The topological polar surface area (TPSA) is 55.3 Å². The molecule has 22 heavy (non-hydrogen) atoms. The SMILES string of the molecule is CCOC(=O)C1CCCN(c2cc(CC(C)(C)C)ncn2)C1. The van der Waals surface area contributed by atoms with Gasteiger partial charge in [0.25, 0.3) is 0 Å². The number of hydrogen-bond acceptors (Lipinski definition) is 5. The van der Waals surface area contributed by atoms with Crippen molar-refractivity contribution in [3.8, 4) is 0 Å². The van der Waals surface area contributed by atoms with Crippen LogP contribution in [0.15, 0.2) is 12.4 Å². The van der Waals surface area contributed by atoms with Crippen LogP contribution in [0.1, 0.15) is 46.2 Å². The van der Waals surface area contributed by atoms with Crippen LogP contribution in [0.5, 0.6) is 0 Å². The van der Waals surface area contributed by atoms with Gasteiger partial charge in [0, 0.05) is 24.8 Å². The maximum absolute atomic E-state index is 11.9. The van der Waals surface area contributed by atoms with Gasteiger partial charge in [-0.05, 0) is 31.6 Å². The molecule has 5 nitrogen and oxygen atoms in total. The van der Waals surface area contributed by atoms with Gasteiger partial charge in [0.1, 0.15) is 12.1 Å². The van der Waals surface area contributed by atoms with Gasteiger partial charge < -0.3 is 9.64 Å². The molecule has 0 radical (unpaired) electrons. The van der Waals surface area contributed by atoms with E-state index in [1.165, 1.54) is 0 Å². The fourth-order valence-electron chi connectivity index (χ4n) is 2.84. The Kier molecular flexibility index (Phi) is 5.37. The number of hydrogen-bond donors (Lipinski definition) is 0. The number of ether oxygens (including phenoxy) is 1. The molecule has 0 spiro atoms. The fraction of sp³-hybridized carbons (Fsp3) is 0.706. The number of nitrogens with zero attached hydrogens (tertiary/aromatic N) is 3. The molecule has 5 heteroatoms. The van der Waals surface area contributed by atoms with Crippen molar-refractivity contribution >= 4 is 11.8 Å². The van der Waals surface area contributed by atoms with Crippen molar-refractivity contribution in [2.24, 2.45) is 11.3 Å². The maximum atomic E-state index is 11.9. The second-order valence-corrected chi connectivity index (χ2v) is 7.14. The first kappa shape index (κ1) is 16.7. The molecular weight excluding hydrogens is 278 g/mol. The summed E-state index contributed by atoms with van der Waals surface area (Å²) in [5.41, 5.74) is 1.25. The maximum Gasteiger partial charge on any atom is 0.310 e. The predicted molar refractivity (Wildman–Crippen MR) is 86.8 cm³/mol. The smallest absolute Gasteiger partial charge is 0.310 e. The van der Waals surface area contributed by atoms with Gasteiger partial charge in [-0.2, -0.15) is 0 Å². The van der Waals surface area contributed by atoms with E-state index in [4.69, 9.17) is 4.74 Å². The van der Waals surface area contributed by atoms with E-state index in [0.29, 0.717) is 13.2 Å². The van der Waals surface area contributed by atoms with Gasteiger partial charge in [-0.3, -0.25) is 4.79 Å². The van der Waals surface area contributed by atoms with E-state index >= 15 is 0 Å². The number of esters is 1. The standard InChI is InChI=1S/C17H27N3O2/c1-5-22-16(21)13-7-6-8-20(11-13)15-9-14(18-12-19-15)10-17(2,3)4/h9,12-13H,5-8,10-11H2,1-4H3. The molecular formula is C17H27N3O2. The molecule has 0 N–H and O–H groups in total. The Morgan fingerprint density at radius 2 is 2.18 bits per heavy atom. The monoisotopic (exact) mass is 305 g/mol. The summed E-state index contributed by atoms with van der Waals surface area (Å²) in [5.74, 6) is 0.786. The van der Waals surface area contributed by atoms with Crippen molar-refractivity contribution in [1.82, 2.24) is 9.97 Å². The Morgan fingerprint density at radius 1 is 1.41 bits per heavy atom. The lowest BCUT2D eigenvalue weighted by atomic mass is 9.90. The van der Waals surface area contributed by atoms with E-state index in [9.17, 15) is 4.79 Å². The van der Waals surface area contributed by atoms with Crippen LogP contribution in [0.2, 0.25) is 0 Å². The Morgan fingerprint density at radius 3 is 2.86 bits per heavy atom. The summed E-state index contributed by atoms with van der Waals surface area (Å²) in [6, 6.07) is 2.05. The van der Waals surface area contributed by atoms with E-state index in [1.807, 2.05) is 6.92 Å². The van der Waals surface area contributed by atoms with Crippen LogP contribution in [0.25, 0.3) is 0 Å². The van der Waals surface area contributed by atoms with Crippen LogP contribution in [0, 0.1) is 11.3 Å². The molecule has 1 fully saturated rings. The molecule has 1 aromatic rings. The summed E-state index contributed by atoms with van der Waals surface area (Å²) >= 11 is 0. The van der Waals surface area contributed by atoms with E-state index in [-0.39, 0.29) is 17.3 Å². The number of carbonyl (C=O) groups is 1. The van der Waals surface area contributed by atoms with Crippen molar-refractivity contribution in [2.75, 3.05) is 24.6 Å². The highest BCUT2D eigenvalue weighted by atomic mass is 16.5. The minimum atomic E-state index is -0.0869. The fourth-order valence-corrected chi connectivity index (χ4v) is 2.84. The van der Waals surface area contributed by atoms with E-state index in [1.54, 1.807) is 6.33 Å². The van der Waals surface area contributed by atoms with Gasteiger partial charge in [-0.25, -0.2) is 9.97 Å². The summed E-state index contributed by atoms with van der Waals surface area (Å²) in [7, 11) is 0. The zero-order valence-corrected chi connectivity index (χ0v) is 14.1. The van der Waals surface area contributed by atoms with Gasteiger partial charge in [-0.1, -0.05) is 20.8 Å². The van der Waals surface area contributed by atoms with E-state index in [0.717, 1.165) is 37.3 Å². The van der Waals surface area contributed by atoms with Crippen LogP contribution < -0.4 is 4.90 Å². The zero-order valence-electron chi connectivity index (χ0n) is 14.1. The third-order valence-electron chi connectivity index (χ3n) is 3.79. The van der Waals surface area contributed by atoms with Crippen molar-refractivity contribution < 1.29 is 9.53 Å². The molecule has 1 aromatic heterocycles. The Labute approximate surface area is 133 Å². The van der Waals surface area contributed by atoms with Gasteiger partial charge in [0.15, 0.2) is 0 Å². The second-order valence-electron chi connectivity index (χ2n) is 7.14. The first-order valence-electron chi connectivity index (χ1n) is 8.11. The molecule has 2 rings (SSSR count). The lowest BCUT2D eigenvalue weighted by Crippen LogP contribution is -2.40. The molecule has 1 aliphatic rings. The van der Waals surface area contributed by atoms with Crippen LogP contribution in [-0.2, 0) is 16.0 Å². The molecule has 0 bridgehead atoms. The molecule has 0 aliphatic carbocycles. The van der Waals surface area contributed by atoms with Crippen LogP contribution in [-0.4, -0.2) is 35.6 Å². The quantitative estimate of drug-likeness (QED) is 0.801. The summed E-state index contributed by atoms with van der Waals surface area (Å²) < 4.78 is 5.16. The zero-order chi connectivity index (χ0) is 16.2. The van der Waals surface area contributed by atoms with Gasteiger partial charge in [0.2, 0.25) is 0 Å². The molecule has 1 aliphatic heterocycles. The molecule has 2 heterocycles. The van der Waals surface area contributed by atoms with Crippen LogP contribution >= 0.6 is 0 Å². The number of carbonyl (C=O) groups excluding carboxylic acids is 1. The lowest BCUT2D eigenvalue weighted by Gasteiger charge is -2.32. The minimum Gasteiger partial charge on any atom is -0.466 e. The first-order valence-corrected chi connectivity index (χ1v) is 8.11. The molecule has 0 amide bonds. The van der Waals surface area contributed by atoms with Crippen LogP contribution in [0.3, 0.4) is 0 Å². The van der Waals surface area contributed by atoms with Crippen molar-refractivity contribution in [3.63, 3.8) is 0 Å². The van der Waals surface area contributed by atoms with Crippen molar-refractivity contribution in [3.05, 3.63) is 18.1 Å². The van der Waals surface area contributed by atoms with Gasteiger partial charge >= 0.3 is 5.97 Å². The second kappa shape index (κ2) is 7.07. The normalized spacial score (nSPS) is 19.1. The molecule has 0 saturated carbocycles. The summed E-state index contributed by atoms with van der Waals surface area (Å²) in [5, 5.41) is 0. The largest absolute Gasteiger partial charge is 0.466 e.